The Morgan fingerprint density at radius 1 is 1.27 bits per heavy atom. The molecule has 0 spiro atoms. The van der Waals surface area contributed by atoms with Crippen molar-refractivity contribution in [1.29, 1.82) is 0 Å². The summed E-state index contributed by atoms with van der Waals surface area (Å²) in [4.78, 5) is 23.0. The SMILES string of the molecule is CC(=O)N[C@@H]1C(O)C[C@](OC[C@H](O)CO)(C(=O)O)OC1[C@H](O)[C@H](O)CO. The number of hydrogen-bond donors (Lipinski definition) is 8. The predicted molar refractivity (Wildman–Crippen MR) is 81.6 cm³/mol. The van der Waals surface area contributed by atoms with Crippen LogP contribution >= 0.6 is 0 Å². The Labute approximate surface area is 148 Å². The van der Waals surface area contributed by atoms with Gasteiger partial charge in [-0.3, -0.25) is 4.79 Å². The molecule has 1 rings (SSSR count). The normalized spacial score (nSPS) is 32.5. The highest BCUT2D eigenvalue weighted by Crippen LogP contribution is 2.33. The number of nitrogens with one attached hydrogen (secondary N) is 1. The van der Waals surface area contributed by atoms with E-state index in [2.05, 4.69) is 5.32 Å². The Hall–Kier alpha value is -1.38. The molecule has 1 amide bonds. The third-order valence-corrected chi connectivity index (χ3v) is 3.91. The summed E-state index contributed by atoms with van der Waals surface area (Å²) in [6.45, 7) is -1.16. The van der Waals surface area contributed by atoms with Crippen molar-refractivity contribution in [2.24, 2.45) is 0 Å². The van der Waals surface area contributed by atoms with Gasteiger partial charge >= 0.3 is 5.97 Å². The third-order valence-electron chi connectivity index (χ3n) is 3.91. The molecule has 0 aliphatic carbocycles. The summed E-state index contributed by atoms with van der Waals surface area (Å²) in [5.41, 5.74) is 0. The molecule has 12 nitrogen and oxygen atoms in total. The topological polar surface area (TPSA) is 206 Å². The number of aliphatic hydroxyl groups is 6. The van der Waals surface area contributed by atoms with Gasteiger partial charge in [0.05, 0.1) is 32.0 Å². The predicted octanol–water partition coefficient (Wildman–Crippen LogP) is -4.49. The van der Waals surface area contributed by atoms with Crippen LogP contribution in [0.2, 0.25) is 0 Å². The average molecular weight is 383 g/mol. The van der Waals surface area contributed by atoms with Crippen molar-refractivity contribution in [3.05, 3.63) is 0 Å². The fraction of sp³-hybridized carbons (Fsp3) is 0.857. The second-order valence-electron chi connectivity index (χ2n) is 6.03. The van der Waals surface area contributed by atoms with E-state index in [9.17, 15) is 35.1 Å². The van der Waals surface area contributed by atoms with Gasteiger partial charge in [-0.15, -0.1) is 0 Å². The molecule has 1 aliphatic heterocycles. The first-order valence-electron chi connectivity index (χ1n) is 7.84. The van der Waals surface area contributed by atoms with Crippen LogP contribution in [0.15, 0.2) is 0 Å². The fourth-order valence-corrected chi connectivity index (χ4v) is 2.56. The van der Waals surface area contributed by atoms with Crippen molar-refractivity contribution in [1.82, 2.24) is 5.32 Å². The molecule has 1 heterocycles. The molecule has 1 saturated heterocycles. The monoisotopic (exact) mass is 383 g/mol. The zero-order chi connectivity index (χ0) is 20.1. The van der Waals surface area contributed by atoms with E-state index < -0.39 is 80.5 Å². The highest BCUT2D eigenvalue weighted by atomic mass is 16.7. The molecule has 0 radical (unpaired) electrons. The average Bonchev–Trinajstić information content (AvgIpc) is 2.59. The highest BCUT2D eigenvalue weighted by molar-refractivity contribution is 5.76. The van der Waals surface area contributed by atoms with E-state index in [0.29, 0.717) is 0 Å². The molecule has 1 aliphatic rings. The summed E-state index contributed by atoms with van der Waals surface area (Å²) in [5.74, 6) is -4.84. The molecule has 7 atom stereocenters. The summed E-state index contributed by atoms with van der Waals surface area (Å²) < 4.78 is 10.3. The standard InChI is InChI=1S/C14H25NO11/c1-6(18)15-10-8(20)2-14(13(23)24,25-5-7(19)3-16)26-12(10)11(22)9(21)4-17/h7-12,16-17,19-22H,2-5H2,1H3,(H,15,18)(H,23,24)/t7-,8?,9-,10-,11-,12?,14-/m1/s1. The zero-order valence-electron chi connectivity index (χ0n) is 14.1. The minimum atomic E-state index is -2.52. The van der Waals surface area contributed by atoms with Gasteiger partial charge in [0.1, 0.15) is 24.4 Å². The van der Waals surface area contributed by atoms with Crippen LogP contribution in [0.4, 0.5) is 0 Å². The molecule has 0 aromatic heterocycles. The van der Waals surface area contributed by atoms with E-state index in [1.54, 1.807) is 0 Å². The second kappa shape index (κ2) is 9.53. The van der Waals surface area contributed by atoms with Crippen molar-refractivity contribution in [2.45, 2.75) is 55.7 Å². The van der Waals surface area contributed by atoms with Crippen LogP contribution < -0.4 is 5.32 Å². The van der Waals surface area contributed by atoms with E-state index in [-0.39, 0.29) is 0 Å². The quantitative estimate of drug-likeness (QED) is 0.190. The summed E-state index contributed by atoms with van der Waals surface area (Å²) in [5, 5.41) is 69.0. The Balaban J connectivity index is 3.16. The smallest absolute Gasteiger partial charge is 0.364 e. The van der Waals surface area contributed by atoms with Crippen LogP contribution in [0, 0.1) is 0 Å². The Bertz CT molecular complexity index is 490. The fourth-order valence-electron chi connectivity index (χ4n) is 2.56. The minimum Gasteiger partial charge on any atom is -0.477 e. The summed E-state index contributed by atoms with van der Waals surface area (Å²) >= 11 is 0. The van der Waals surface area contributed by atoms with Gasteiger partial charge in [-0.1, -0.05) is 0 Å². The van der Waals surface area contributed by atoms with Gasteiger partial charge < -0.3 is 50.5 Å². The molecule has 8 N–H and O–H groups in total. The molecule has 0 bridgehead atoms. The number of amides is 1. The lowest BCUT2D eigenvalue weighted by Gasteiger charge is -2.46. The van der Waals surface area contributed by atoms with E-state index >= 15 is 0 Å². The van der Waals surface area contributed by atoms with Gasteiger partial charge in [-0.2, -0.15) is 0 Å². The number of aliphatic hydroxyl groups excluding tert-OH is 6. The summed E-state index contributed by atoms with van der Waals surface area (Å²) in [6, 6.07) is -1.30. The number of rotatable bonds is 9. The molecule has 0 aromatic rings. The van der Waals surface area contributed by atoms with E-state index in [1.165, 1.54) is 0 Å². The number of aliphatic carboxylic acids is 1. The van der Waals surface area contributed by atoms with Crippen molar-refractivity contribution in [2.75, 3.05) is 19.8 Å². The first-order chi connectivity index (χ1) is 12.1. The van der Waals surface area contributed by atoms with Crippen LogP contribution in [-0.2, 0) is 19.1 Å². The molecular weight excluding hydrogens is 358 g/mol. The lowest BCUT2D eigenvalue weighted by molar-refractivity contribution is -0.315. The lowest BCUT2D eigenvalue weighted by Crippen LogP contribution is -2.68. The molecule has 1 fully saturated rings. The van der Waals surface area contributed by atoms with Gasteiger partial charge in [0, 0.05) is 13.3 Å². The Morgan fingerprint density at radius 2 is 1.88 bits per heavy atom. The van der Waals surface area contributed by atoms with Crippen LogP contribution in [0.1, 0.15) is 13.3 Å². The first-order valence-corrected chi connectivity index (χ1v) is 7.84. The van der Waals surface area contributed by atoms with E-state index in [4.69, 9.17) is 19.7 Å². The van der Waals surface area contributed by atoms with Crippen LogP contribution in [0.25, 0.3) is 0 Å². The number of ether oxygens (including phenoxy) is 2. The van der Waals surface area contributed by atoms with Gasteiger partial charge in [0.2, 0.25) is 5.91 Å². The molecule has 2 unspecified atom stereocenters. The molecule has 152 valence electrons. The van der Waals surface area contributed by atoms with Crippen LogP contribution in [0.5, 0.6) is 0 Å². The van der Waals surface area contributed by atoms with Crippen molar-refractivity contribution in [3.63, 3.8) is 0 Å². The zero-order valence-corrected chi connectivity index (χ0v) is 14.1. The Kier molecular flexibility index (Phi) is 8.30. The maximum absolute atomic E-state index is 11.7. The van der Waals surface area contributed by atoms with Gasteiger partial charge in [-0.25, -0.2) is 4.79 Å². The van der Waals surface area contributed by atoms with E-state index in [0.717, 1.165) is 6.92 Å². The molecular formula is C14H25NO11. The van der Waals surface area contributed by atoms with Gasteiger partial charge in [0.15, 0.2) is 0 Å². The van der Waals surface area contributed by atoms with E-state index in [1.807, 2.05) is 0 Å². The first kappa shape index (κ1) is 22.7. The maximum Gasteiger partial charge on any atom is 0.364 e. The van der Waals surface area contributed by atoms with Crippen molar-refractivity contribution in [3.8, 4) is 0 Å². The number of hydrogen-bond acceptors (Lipinski definition) is 10. The molecule has 26 heavy (non-hydrogen) atoms. The number of carboxylic acids is 1. The minimum absolute atomic E-state index is 0.618. The largest absolute Gasteiger partial charge is 0.477 e. The maximum atomic E-state index is 11.7. The van der Waals surface area contributed by atoms with Crippen molar-refractivity contribution < 1.29 is 54.8 Å². The lowest BCUT2D eigenvalue weighted by atomic mass is 9.88. The molecule has 0 aromatic carbocycles. The van der Waals surface area contributed by atoms with Crippen LogP contribution in [-0.4, -0.2) is 110 Å². The highest BCUT2D eigenvalue weighted by Gasteiger charge is 2.55. The number of carbonyl (C=O) groups excluding carboxylic acids is 1. The number of carboxylic acid groups (broad SMARTS) is 1. The summed E-state index contributed by atoms with van der Waals surface area (Å²) in [6.07, 6.45) is -8.96. The second-order valence-corrected chi connectivity index (χ2v) is 6.03. The Morgan fingerprint density at radius 3 is 2.35 bits per heavy atom. The molecule has 0 saturated carbocycles. The number of carbonyl (C=O) groups is 2. The molecule has 12 heteroatoms. The van der Waals surface area contributed by atoms with Crippen LogP contribution in [0.3, 0.4) is 0 Å². The van der Waals surface area contributed by atoms with Crippen molar-refractivity contribution >= 4 is 11.9 Å². The van der Waals surface area contributed by atoms with Gasteiger partial charge in [-0.05, 0) is 0 Å². The summed E-state index contributed by atoms with van der Waals surface area (Å²) in [7, 11) is 0. The third kappa shape index (κ3) is 5.31. The van der Waals surface area contributed by atoms with Gasteiger partial charge in [0.25, 0.3) is 5.79 Å².